The van der Waals surface area contributed by atoms with Gasteiger partial charge in [-0.25, -0.2) is 13.0 Å². The minimum Gasteiger partial charge on any atom is -1.00 e. The fraction of sp³-hybridized carbons (Fsp3) is 0.828. The van der Waals surface area contributed by atoms with Gasteiger partial charge in [0.05, 0.1) is 6.61 Å². The summed E-state index contributed by atoms with van der Waals surface area (Å²) in [5.41, 5.74) is 0. The van der Waals surface area contributed by atoms with Crippen LogP contribution in [0.2, 0.25) is 0 Å². The first-order valence-corrected chi connectivity index (χ1v) is 15.8. The van der Waals surface area contributed by atoms with Crippen LogP contribution in [-0.2, 0) is 21.1 Å². The van der Waals surface area contributed by atoms with Crippen molar-refractivity contribution in [1.29, 1.82) is 0 Å². The van der Waals surface area contributed by atoms with E-state index >= 15 is 0 Å². The second-order valence-electron chi connectivity index (χ2n) is 9.82. The Morgan fingerprint density at radius 1 is 0.703 bits per heavy atom. The van der Waals surface area contributed by atoms with Crippen molar-refractivity contribution < 1.29 is 63.7 Å². The van der Waals surface area contributed by atoms with Crippen molar-refractivity contribution >= 4 is 10.4 Å². The van der Waals surface area contributed by atoms with Gasteiger partial charge < -0.3 is 17.0 Å². The van der Waals surface area contributed by atoms with Gasteiger partial charge >= 0.3 is 29.6 Å². The number of aryl methyl sites for hydroxylation is 1. The van der Waals surface area contributed by atoms with E-state index in [1.54, 1.807) is 0 Å². The fourth-order valence-corrected chi connectivity index (χ4v) is 4.51. The molecule has 8 heteroatoms. The molecule has 0 radical (unpaired) electrons. The van der Waals surface area contributed by atoms with Crippen LogP contribution in [0.3, 0.4) is 0 Å². The summed E-state index contributed by atoms with van der Waals surface area (Å²) in [6, 6.07) is 6.31. The Labute approximate surface area is 258 Å². The minimum atomic E-state index is -4.50. The van der Waals surface area contributed by atoms with Gasteiger partial charge in [-0.3, -0.25) is 4.18 Å². The van der Waals surface area contributed by atoms with E-state index < -0.39 is 10.4 Å². The zero-order chi connectivity index (χ0) is 26.0. The number of halogens is 1. The van der Waals surface area contributed by atoms with E-state index in [0.29, 0.717) is 0 Å². The number of nitrogens with zero attached hydrogens (tertiary/aromatic N) is 1. The van der Waals surface area contributed by atoms with E-state index in [2.05, 4.69) is 53.2 Å². The maximum absolute atomic E-state index is 10.1. The number of hydrogen-bond donors (Lipinski definition) is 0. The topological polar surface area (TPSA) is 70.3 Å². The number of hydrogen-bond acceptors (Lipinski definition) is 4. The summed E-state index contributed by atoms with van der Waals surface area (Å²) < 4.78 is 36.9. The summed E-state index contributed by atoms with van der Waals surface area (Å²) in [4.78, 5) is 0. The van der Waals surface area contributed by atoms with Crippen LogP contribution >= 0.6 is 0 Å². The summed E-state index contributed by atoms with van der Waals surface area (Å²) >= 11 is 0. The summed E-state index contributed by atoms with van der Waals surface area (Å²) in [5.74, 6) is 0.184. The average Bonchev–Trinajstić information content (AvgIpc) is 2.85. The van der Waals surface area contributed by atoms with Crippen LogP contribution in [0.5, 0.6) is 0 Å². The molecular formula is C29H55ClNNaO4S. The van der Waals surface area contributed by atoms with Gasteiger partial charge in [0.25, 0.3) is 0 Å². The normalized spacial score (nSPS) is 11.6. The first-order chi connectivity index (χ1) is 16.9. The standard InChI is InChI=1S/C21H38N.C8H18O4S.ClH.Na/c1-2-3-4-5-6-7-8-9-10-11-12-13-14-16-19-22-20-17-15-18-21-22;1-3-5-6-8(4-2)7-12-13(9,10)11;;/h15,17-18,20-21H,2-14,16,19H2,1H3;8H,3-7H2,1-2H3,(H,9,10,11);1H;/q+1;;;+1/p-2. The van der Waals surface area contributed by atoms with E-state index in [-0.39, 0.29) is 54.5 Å². The third-order valence-electron chi connectivity index (χ3n) is 6.54. The van der Waals surface area contributed by atoms with E-state index in [1.807, 2.05) is 6.92 Å². The van der Waals surface area contributed by atoms with Crippen LogP contribution in [0.4, 0.5) is 0 Å². The Hall–Kier alpha value is 0.310. The Morgan fingerprint density at radius 3 is 1.54 bits per heavy atom. The molecule has 0 aliphatic rings. The van der Waals surface area contributed by atoms with Crippen molar-refractivity contribution in [3.8, 4) is 0 Å². The van der Waals surface area contributed by atoms with Gasteiger partial charge in [-0.1, -0.05) is 123 Å². The minimum absolute atomic E-state index is 0. The first kappa shape index (κ1) is 41.8. The maximum Gasteiger partial charge on any atom is 1.00 e. The van der Waals surface area contributed by atoms with Gasteiger partial charge in [-0.15, -0.1) is 0 Å². The molecule has 1 unspecified atom stereocenters. The van der Waals surface area contributed by atoms with Crippen molar-refractivity contribution in [1.82, 2.24) is 0 Å². The fourth-order valence-electron chi connectivity index (χ4n) is 4.15. The number of pyridine rings is 1. The van der Waals surface area contributed by atoms with E-state index in [1.165, 1.54) is 96.4 Å². The summed E-state index contributed by atoms with van der Waals surface area (Å²) in [7, 11) is -4.50. The third-order valence-corrected chi connectivity index (χ3v) is 6.96. The molecule has 0 aliphatic heterocycles. The Balaban J connectivity index is -0.000000669. The second-order valence-corrected chi connectivity index (χ2v) is 10.9. The number of unbranched alkanes of at least 4 members (excludes halogenated alkanes) is 14. The molecule has 1 aromatic rings. The molecule has 0 amide bonds. The predicted octanol–water partition coefficient (Wildman–Crippen LogP) is 2.14. The van der Waals surface area contributed by atoms with Crippen molar-refractivity contribution in [2.45, 2.75) is 143 Å². The molecular weight excluding hydrogens is 517 g/mol. The predicted molar refractivity (Wildman–Crippen MR) is 146 cm³/mol. The van der Waals surface area contributed by atoms with Crippen molar-refractivity contribution in [2.75, 3.05) is 6.61 Å². The van der Waals surface area contributed by atoms with E-state index in [9.17, 15) is 13.0 Å². The van der Waals surface area contributed by atoms with Crippen molar-refractivity contribution in [3.63, 3.8) is 0 Å². The molecule has 0 aromatic carbocycles. The van der Waals surface area contributed by atoms with Crippen LogP contribution in [0, 0.1) is 5.92 Å². The molecule has 0 saturated heterocycles. The van der Waals surface area contributed by atoms with Crippen LogP contribution in [0.1, 0.15) is 136 Å². The molecule has 0 bridgehead atoms. The summed E-state index contributed by atoms with van der Waals surface area (Å²) in [6.45, 7) is 7.53. The van der Waals surface area contributed by atoms with Crippen molar-refractivity contribution in [2.24, 2.45) is 5.92 Å². The molecule has 1 atom stereocenters. The Bertz CT molecular complexity index is 665. The van der Waals surface area contributed by atoms with Gasteiger partial charge in [0.15, 0.2) is 12.4 Å². The van der Waals surface area contributed by atoms with Gasteiger partial charge in [0.1, 0.15) is 6.54 Å². The van der Waals surface area contributed by atoms with Crippen LogP contribution in [0.25, 0.3) is 0 Å². The Kier molecular flexibility index (Phi) is 34.8. The molecule has 5 nitrogen and oxygen atoms in total. The third kappa shape index (κ3) is 32.4. The van der Waals surface area contributed by atoms with Gasteiger partial charge in [-0.2, -0.15) is 0 Å². The summed E-state index contributed by atoms with van der Waals surface area (Å²) in [6.07, 6.45) is 28.3. The smallest absolute Gasteiger partial charge is 1.00 e. The van der Waals surface area contributed by atoms with Gasteiger partial charge in [-0.05, 0) is 18.8 Å². The largest absolute Gasteiger partial charge is 1.00 e. The average molecular weight is 572 g/mol. The zero-order valence-corrected chi connectivity index (χ0v) is 28.0. The molecule has 214 valence electrons. The summed E-state index contributed by atoms with van der Waals surface area (Å²) in [5, 5.41) is 0. The number of aromatic nitrogens is 1. The quantitative estimate of drug-likeness (QED) is 0.0703. The molecule has 37 heavy (non-hydrogen) atoms. The molecule has 1 aromatic heterocycles. The Morgan fingerprint density at radius 2 is 1.14 bits per heavy atom. The molecule has 0 aliphatic carbocycles. The van der Waals surface area contributed by atoms with Crippen LogP contribution < -0.4 is 46.5 Å². The number of rotatable bonds is 22. The zero-order valence-electron chi connectivity index (χ0n) is 24.5. The molecule has 0 spiro atoms. The van der Waals surface area contributed by atoms with E-state index in [4.69, 9.17) is 0 Å². The SMILES string of the molecule is CCCCC(CC)COS(=O)(=O)[O-].CCCCCCCCCCCCCCCC[n+]1ccccc1.[Cl-].[Na+]. The first-order valence-electron chi connectivity index (χ1n) is 14.5. The van der Waals surface area contributed by atoms with E-state index in [0.717, 1.165) is 25.7 Å². The molecule has 1 rings (SSSR count). The molecule has 0 fully saturated rings. The van der Waals surface area contributed by atoms with Gasteiger partial charge in [0.2, 0.25) is 10.4 Å². The second kappa shape index (κ2) is 30.8. The van der Waals surface area contributed by atoms with Gasteiger partial charge in [0, 0.05) is 18.6 Å². The molecule has 0 saturated carbocycles. The monoisotopic (exact) mass is 571 g/mol. The maximum atomic E-state index is 10.1. The molecule has 1 heterocycles. The molecule has 0 N–H and O–H groups in total. The van der Waals surface area contributed by atoms with Crippen LogP contribution in [0.15, 0.2) is 30.6 Å². The van der Waals surface area contributed by atoms with Crippen molar-refractivity contribution in [3.05, 3.63) is 30.6 Å². The van der Waals surface area contributed by atoms with Crippen LogP contribution in [-0.4, -0.2) is 19.6 Å².